The number of hydrogen-bond acceptors (Lipinski definition) is 5. The van der Waals surface area contributed by atoms with Crippen LogP contribution in [-0.2, 0) is 9.84 Å². The molecule has 1 amide bonds. The molecule has 1 saturated heterocycles. The first-order chi connectivity index (χ1) is 11.5. The van der Waals surface area contributed by atoms with Gasteiger partial charge in [-0.1, -0.05) is 12.1 Å². The summed E-state index contributed by atoms with van der Waals surface area (Å²) in [5.41, 5.74) is 1.73. The first-order valence-corrected chi connectivity index (χ1v) is 9.48. The number of carbonyl (C=O) groups excluding carboxylic acids is 1. The van der Waals surface area contributed by atoms with Crippen LogP contribution in [0.2, 0.25) is 0 Å². The lowest BCUT2D eigenvalue weighted by atomic mass is 10.1. The summed E-state index contributed by atoms with van der Waals surface area (Å²) in [5.74, 6) is 0.703. The number of amides is 1. The van der Waals surface area contributed by atoms with Gasteiger partial charge < -0.3 is 10.1 Å². The van der Waals surface area contributed by atoms with Gasteiger partial charge in [-0.3, -0.25) is 9.89 Å². The van der Waals surface area contributed by atoms with Crippen LogP contribution in [0.15, 0.2) is 30.3 Å². The summed E-state index contributed by atoms with van der Waals surface area (Å²) in [4.78, 5) is 12.2. The number of nitrogens with one attached hydrogen (secondary N) is 2. The van der Waals surface area contributed by atoms with E-state index in [1.54, 1.807) is 13.2 Å². The number of benzene rings is 1. The summed E-state index contributed by atoms with van der Waals surface area (Å²) in [7, 11) is -1.35. The Labute approximate surface area is 140 Å². The van der Waals surface area contributed by atoms with Crippen molar-refractivity contribution in [2.75, 3.05) is 25.2 Å². The lowest BCUT2D eigenvalue weighted by molar-refractivity contribution is 0.0943. The fourth-order valence-electron chi connectivity index (χ4n) is 2.80. The Balaban J connectivity index is 1.66. The number of nitrogens with zero attached hydrogens (tertiary/aromatic N) is 1. The van der Waals surface area contributed by atoms with Crippen LogP contribution in [-0.4, -0.2) is 49.7 Å². The highest BCUT2D eigenvalue weighted by Gasteiger charge is 2.28. The van der Waals surface area contributed by atoms with Gasteiger partial charge in [0.15, 0.2) is 9.84 Å². The van der Waals surface area contributed by atoms with Crippen LogP contribution in [0.4, 0.5) is 0 Å². The SMILES string of the molecule is COc1ccccc1-c1cc(C(=O)NC[C@H]2CCS(=O)(=O)C2)[nH]n1. The van der Waals surface area contributed by atoms with Crippen LogP contribution in [0.25, 0.3) is 11.3 Å². The van der Waals surface area contributed by atoms with E-state index in [2.05, 4.69) is 15.5 Å². The molecule has 24 heavy (non-hydrogen) atoms. The number of para-hydroxylation sites is 1. The van der Waals surface area contributed by atoms with E-state index in [0.717, 1.165) is 5.56 Å². The lowest BCUT2D eigenvalue weighted by Crippen LogP contribution is -2.30. The zero-order valence-electron chi connectivity index (χ0n) is 13.3. The molecule has 0 aliphatic carbocycles. The van der Waals surface area contributed by atoms with Crippen LogP contribution in [0.3, 0.4) is 0 Å². The van der Waals surface area contributed by atoms with Gasteiger partial charge in [0, 0.05) is 12.1 Å². The number of ether oxygens (including phenoxy) is 1. The number of sulfone groups is 1. The van der Waals surface area contributed by atoms with Crippen LogP contribution >= 0.6 is 0 Å². The smallest absolute Gasteiger partial charge is 0.269 e. The molecule has 0 saturated carbocycles. The van der Waals surface area contributed by atoms with E-state index in [1.165, 1.54) is 0 Å². The van der Waals surface area contributed by atoms with Crippen molar-refractivity contribution < 1.29 is 17.9 Å². The summed E-state index contributed by atoms with van der Waals surface area (Å²) < 4.78 is 28.2. The molecule has 8 heteroatoms. The third kappa shape index (κ3) is 3.59. The summed E-state index contributed by atoms with van der Waals surface area (Å²) in [6.07, 6.45) is 0.595. The Morgan fingerprint density at radius 2 is 2.21 bits per heavy atom. The highest BCUT2D eigenvalue weighted by Crippen LogP contribution is 2.28. The number of methoxy groups -OCH3 is 1. The van der Waals surface area contributed by atoms with Crippen molar-refractivity contribution >= 4 is 15.7 Å². The fourth-order valence-corrected chi connectivity index (χ4v) is 4.66. The monoisotopic (exact) mass is 349 g/mol. The van der Waals surface area contributed by atoms with Crippen LogP contribution in [0, 0.1) is 5.92 Å². The van der Waals surface area contributed by atoms with E-state index in [9.17, 15) is 13.2 Å². The van der Waals surface area contributed by atoms with Gasteiger partial charge in [-0.2, -0.15) is 5.10 Å². The minimum absolute atomic E-state index is 0.0180. The Morgan fingerprint density at radius 1 is 1.42 bits per heavy atom. The first kappa shape index (κ1) is 16.5. The summed E-state index contributed by atoms with van der Waals surface area (Å²) in [6.45, 7) is 0.348. The number of aromatic nitrogens is 2. The number of carbonyl (C=O) groups is 1. The molecule has 1 aromatic carbocycles. The normalized spacial score (nSPS) is 19.1. The number of hydrogen-bond donors (Lipinski definition) is 2. The summed E-state index contributed by atoms with van der Waals surface area (Å²) >= 11 is 0. The molecule has 1 fully saturated rings. The van der Waals surface area contributed by atoms with Crippen molar-refractivity contribution in [2.45, 2.75) is 6.42 Å². The largest absolute Gasteiger partial charge is 0.496 e. The van der Waals surface area contributed by atoms with Crippen LogP contribution in [0.5, 0.6) is 5.75 Å². The second-order valence-corrected chi connectivity index (χ2v) is 8.07. The van der Waals surface area contributed by atoms with Crippen molar-refractivity contribution in [1.29, 1.82) is 0 Å². The quantitative estimate of drug-likeness (QED) is 0.846. The average molecular weight is 349 g/mol. The third-order valence-corrected chi connectivity index (χ3v) is 5.92. The maximum absolute atomic E-state index is 12.2. The van der Waals surface area contributed by atoms with Gasteiger partial charge in [-0.25, -0.2) is 8.42 Å². The topological polar surface area (TPSA) is 101 Å². The van der Waals surface area contributed by atoms with Gasteiger partial charge >= 0.3 is 0 Å². The molecular weight excluding hydrogens is 330 g/mol. The standard InChI is InChI=1S/C16H19N3O4S/c1-23-15-5-3-2-4-12(15)13-8-14(19-18-13)16(20)17-9-11-6-7-24(21,22)10-11/h2-5,8,11H,6-7,9-10H2,1H3,(H,17,20)(H,18,19)/t11-/m1/s1. The molecule has 1 aliphatic rings. The Bertz CT molecular complexity index is 845. The van der Waals surface area contributed by atoms with E-state index in [4.69, 9.17) is 4.74 Å². The van der Waals surface area contributed by atoms with Gasteiger partial charge in [-0.15, -0.1) is 0 Å². The minimum atomic E-state index is -2.93. The molecule has 3 rings (SSSR count). The minimum Gasteiger partial charge on any atom is -0.496 e. The maximum atomic E-state index is 12.2. The Hall–Kier alpha value is -2.35. The van der Waals surface area contributed by atoms with Gasteiger partial charge in [0.25, 0.3) is 5.91 Å². The molecule has 2 heterocycles. The maximum Gasteiger partial charge on any atom is 0.269 e. The Morgan fingerprint density at radius 3 is 2.92 bits per heavy atom. The lowest BCUT2D eigenvalue weighted by Gasteiger charge is -2.08. The summed E-state index contributed by atoms with van der Waals surface area (Å²) in [5, 5.41) is 9.63. The summed E-state index contributed by atoms with van der Waals surface area (Å²) in [6, 6.07) is 9.06. The average Bonchev–Trinajstić information content (AvgIpc) is 3.19. The van der Waals surface area contributed by atoms with E-state index in [0.29, 0.717) is 30.1 Å². The number of rotatable bonds is 5. The zero-order valence-corrected chi connectivity index (χ0v) is 14.1. The molecule has 1 aliphatic heterocycles. The van der Waals surface area contributed by atoms with Crippen molar-refractivity contribution in [2.24, 2.45) is 5.92 Å². The van der Waals surface area contributed by atoms with Gasteiger partial charge in [0.1, 0.15) is 11.4 Å². The van der Waals surface area contributed by atoms with Crippen LogP contribution < -0.4 is 10.1 Å². The highest BCUT2D eigenvalue weighted by molar-refractivity contribution is 7.91. The molecule has 2 N–H and O–H groups in total. The van der Waals surface area contributed by atoms with Crippen molar-refractivity contribution in [1.82, 2.24) is 15.5 Å². The molecule has 0 radical (unpaired) electrons. The molecule has 2 aromatic rings. The molecule has 0 bridgehead atoms. The van der Waals surface area contributed by atoms with Crippen molar-refractivity contribution in [3.05, 3.63) is 36.0 Å². The first-order valence-electron chi connectivity index (χ1n) is 7.66. The molecule has 0 unspecified atom stereocenters. The van der Waals surface area contributed by atoms with Gasteiger partial charge in [0.2, 0.25) is 0 Å². The molecule has 7 nitrogen and oxygen atoms in total. The Kier molecular flexibility index (Phi) is 4.57. The molecule has 0 spiro atoms. The van der Waals surface area contributed by atoms with E-state index < -0.39 is 9.84 Å². The molecule has 128 valence electrons. The molecular formula is C16H19N3O4S. The van der Waals surface area contributed by atoms with Crippen molar-refractivity contribution in [3.63, 3.8) is 0 Å². The van der Waals surface area contributed by atoms with Gasteiger partial charge in [0.05, 0.1) is 24.3 Å². The third-order valence-electron chi connectivity index (χ3n) is 4.08. The van der Waals surface area contributed by atoms with Gasteiger partial charge in [-0.05, 0) is 30.5 Å². The van der Waals surface area contributed by atoms with E-state index in [-0.39, 0.29) is 23.3 Å². The number of aromatic amines is 1. The second kappa shape index (κ2) is 6.64. The second-order valence-electron chi connectivity index (χ2n) is 5.85. The number of H-pyrrole nitrogens is 1. The predicted molar refractivity (Wildman–Crippen MR) is 89.7 cm³/mol. The van der Waals surface area contributed by atoms with Crippen molar-refractivity contribution in [3.8, 4) is 17.0 Å². The highest BCUT2D eigenvalue weighted by atomic mass is 32.2. The molecule has 1 atom stereocenters. The fraction of sp³-hybridized carbons (Fsp3) is 0.375. The zero-order chi connectivity index (χ0) is 17.2. The molecule has 1 aromatic heterocycles. The van der Waals surface area contributed by atoms with E-state index in [1.807, 2.05) is 24.3 Å². The van der Waals surface area contributed by atoms with Crippen LogP contribution in [0.1, 0.15) is 16.9 Å². The predicted octanol–water partition coefficient (Wildman–Crippen LogP) is 1.25. The van der Waals surface area contributed by atoms with E-state index >= 15 is 0 Å².